The summed E-state index contributed by atoms with van der Waals surface area (Å²) in [5.41, 5.74) is 2.22. The van der Waals surface area contributed by atoms with Gasteiger partial charge in [0.25, 0.3) is 0 Å². The Bertz CT molecular complexity index is 739. The van der Waals surface area contributed by atoms with Crippen molar-refractivity contribution >= 4 is 17.1 Å². The molecule has 2 atom stereocenters. The van der Waals surface area contributed by atoms with Gasteiger partial charge in [0.1, 0.15) is 5.60 Å². The second-order valence-corrected chi connectivity index (χ2v) is 12.2. The van der Waals surface area contributed by atoms with E-state index in [1.807, 2.05) is 41.5 Å². The molecule has 0 saturated carbocycles. The molecule has 1 spiro atoms. The summed E-state index contributed by atoms with van der Waals surface area (Å²) in [5, 5.41) is 0. The van der Waals surface area contributed by atoms with Gasteiger partial charge in [0.15, 0.2) is 0 Å². The number of hydrogen-bond acceptors (Lipinski definition) is 3. The Hall–Kier alpha value is -1.40. The third-order valence-corrected chi connectivity index (χ3v) is 7.29. The highest BCUT2D eigenvalue weighted by molar-refractivity contribution is 7.84. The van der Waals surface area contributed by atoms with E-state index in [9.17, 15) is 9.00 Å². The Balaban J connectivity index is 1.83. The number of nitrogens with one attached hydrogen (secondary N) is 1. The number of hydrogen-bond donors (Lipinski definition) is 1. The van der Waals surface area contributed by atoms with E-state index in [1.54, 1.807) is 4.90 Å². The lowest BCUT2D eigenvalue weighted by atomic mass is 9.72. The summed E-state index contributed by atoms with van der Waals surface area (Å²) in [7, 11) is -1.20. The van der Waals surface area contributed by atoms with Crippen LogP contribution in [0, 0.1) is 5.41 Å². The molecule has 1 amide bonds. The lowest BCUT2D eigenvalue weighted by Crippen LogP contribution is -2.60. The van der Waals surface area contributed by atoms with Gasteiger partial charge in [-0.3, -0.25) is 0 Å². The van der Waals surface area contributed by atoms with Crippen molar-refractivity contribution < 1.29 is 13.7 Å². The van der Waals surface area contributed by atoms with Gasteiger partial charge < -0.3 is 9.64 Å². The average molecular weight is 407 g/mol. The zero-order valence-electron chi connectivity index (χ0n) is 18.0. The highest BCUT2D eigenvalue weighted by atomic mass is 32.2. The standard InChI is InChI=1S/C22H34N2O3S/c1-20(2,3)27-19(25)24-12-11-22(13-16-9-7-8-10-17(16)14-22)18(15-24)23-28(26)21(4,5)6/h7-10,18,23H,11-15H2,1-6H3/t18?,28-/m1/s1. The van der Waals surface area contributed by atoms with Crippen LogP contribution in [0.25, 0.3) is 0 Å². The van der Waals surface area contributed by atoms with Crippen LogP contribution in [-0.2, 0) is 28.6 Å². The second-order valence-electron chi connectivity index (χ2n) is 10.2. The average Bonchev–Trinajstić information content (AvgIpc) is 2.93. The van der Waals surface area contributed by atoms with Gasteiger partial charge in [0.05, 0.1) is 15.7 Å². The predicted molar refractivity (Wildman–Crippen MR) is 114 cm³/mol. The molecule has 1 aliphatic carbocycles. The van der Waals surface area contributed by atoms with Crippen molar-refractivity contribution in [3.8, 4) is 0 Å². The van der Waals surface area contributed by atoms with Crippen LogP contribution in [0.15, 0.2) is 24.3 Å². The monoisotopic (exact) mass is 406 g/mol. The molecule has 6 heteroatoms. The Morgan fingerprint density at radius 2 is 1.71 bits per heavy atom. The molecule has 5 nitrogen and oxygen atoms in total. The first-order valence-corrected chi connectivity index (χ1v) is 11.3. The van der Waals surface area contributed by atoms with Gasteiger partial charge in [0.2, 0.25) is 0 Å². The van der Waals surface area contributed by atoms with Crippen LogP contribution >= 0.6 is 0 Å². The lowest BCUT2D eigenvalue weighted by molar-refractivity contribution is 0.00440. The van der Waals surface area contributed by atoms with Crippen molar-refractivity contribution in [3.63, 3.8) is 0 Å². The molecule has 0 bridgehead atoms. The van der Waals surface area contributed by atoms with E-state index in [1.165, 1.54) is 11.1 Å². The molecule has 1 N–H and O–H groups in total. The van der Waals surface area contributed by atoms with Crippen LogP contribution in [0.4, 0.5) is 4.79 Å². The number of nitrogens with zero attached hydrogens (tertiary/aromatic N) is 1. The van der Waals surface area contributed by atoms with Crippen molar-refractivity contribution in [2.24, 2.45) is 5.41 Å². The first-order chi connectivity index (χ1) is 12.9. The minimum Gasteiger partial charge on any atom is -0.444 e. The molecule has 3 rings (SSSR count). The van der Waals surface area contributed by atoms with Crippen LogP contribution in [0.2, 0.25) is 0 Å². The SMILES string of the molecule is CC(C)(C)OC(=O)N1CCC2(Cc3ccccc3C2)C(N[S@](=O)C(C)(C)C)C1. The molecule has 0 aromatic heterocycles. The van der Waals surface area contributed by atoms with E-state index >= 15 is 0 Å². The topological polar surface area (TPSA) is 58.6 Å². The fourth-order valence-electron chi connectivity index (χ4n) is 4.14. The zero-order chi connectivity index (χ0) is 20.7. The van der Waals surface area contributed by atoms with Gasteiger partial charge in [-0.15, -0.1) is 0 Å². The number of ether oxygens (including phenoxy) is 1. The summed E-state index contributed by atoms with van der Waals surface area (Å²) in [6.45, 7) is 12.8. The summed E-state index contributed by atoms with van der Waals surface area (Å²) < 4.78 is 21.5. The predicted octanol–water partition coefficient (Wildman–Crippen LogP) is 3.83. The fourth-order valence-corrected chi connectivity index (χ4v) is 5.08. The smallest absolute Gasteiger partial charge is 0.410 e. The van der Waals surface area contributed by atoms with E-state index in [4.69, 9.17) is 4.74 Å². The fraction of sp³-hybridized carbons (Fsp3) is 0.682. The van der Waals surface area contributed by atoms with Crippen LogP contribution in [-0.4, -0.2) is 44.7 Å². The van der Waals surface area contributed by atoms with Crippen LogP contribution in [0.1, 0.15) is 59.1 Å². The van der Waals surface area contributed by atoms with E-state index in [0.29, 0.717) is 13.1 Å². The van der Waals surface area contributed by atoms with Crippen molar-refractivity contribution in [3.05, 3.63) is 35.4 Å². The molecule has 28 heavy (non-hydrogen) atoms. The quantitative estimate of drug-likeness (QED) is 0.812. The highest BCUT2D eigenvalue weighted by Gasteiger charge is 2.49. The molecule has 1 saturated heterocycles. The molecule has 1 fully saturated rings. The van der Waals surface area contributed by atoms with Gasteiger partial charge in [0, 0.05) is 19.1 Å². The molecule has 1 aliphatic heterocycles. The van der Waals surface area contributed by atoms with Crippen LogP contribution < -0.4 is 4.72 Å². The van der Waals surface area contributed by atoms with Crippen molar-refractivity contribution in [1.29, 1.82) is 0 Å². The molecular weight excluding hydrogens is 372 g/mol. The Kier molecular flexibility index (Phi) is 5.67. The van der Waals surface area contributed by atoms with Gasteiger partial charge in [-0.25, -0.2) is 13.7 Å². The van der Waals surface area contributed by atoms with E-state index < -0.39 is 16.6 Å². The summed E-state index contributed by atoms with van der Waals surface area (Å²) in [6, 6.07) is 8.53. The third kappa shape index (κ3) is 4.60. The lowest BCUT2D eigenvalue weighted by Gasteiger charge is -2.46. The van der Waals surface area contributed by atoms with Gasteiger partial charge in [-0.2, -0.15) is 0 Å². The summed E-state index contributed by atoms with van der Waals surface area (Å²) in [4.78, 5) is 14.4. The highest BCUT2D eigenvalue weighted by Crippen LogP contribution is 2.45. The van der Waals surface area contributed by atoms with Crippen LogP contribution in [0.3, 0.4) is 0 Å². The minimum atomic E-state index is -1.20. The molecule has 1 aromatic rings. The minimum absolute atomic E-state index is 0.0108. The normalized spacial score (nSPS) is 22.8. The maximum Gasteiger partial charge on any atom is 0.410 e. The number of carbonyl (C=O) groups is 1. The number of likely N-dealkylation sites (tertiary alicyclic amines) is 1. The van der Waals surface area contributed by atoms with Gasteiger partial charge in [-0.1, -0.05) is 24.3 Å². The maximum absolute atomic E-state index is 12.9. The summed E-state index contributed by atoms with van der Waals surface area (Å²) in [5.74, 6) is 0. The molecule has 0 radical (unpaired) electrons. The number of rotatable bonds is 2. The third-order valence-electron chi connectivity index (χ3n) is 5.68. The molecule has 156 valence electrons. The largest absolute Gasteiger partial charge is 0.444 e. The number of amides is 1. The molecule has 1 heterocycles. The first-order valence-electron chi connectivity index (χ1n) is 10.1. The molecule has 2 aliphatic rings. The Labute approximate surface area is 171 Å². The summed E-state index contributed by atoms with van der Waals surface area (Å²) >= 11 is 0. The zero-order valence-corrected chi connectivity index (χ0v) is 18.8. The maximum atomic E-state index is 12.9. The number of carbonyl (C=O) groups excluding carboxylic acids is 1. The van der Waals surface area contributed by atoms with E-state index in [2.05, 4.69) is 29.0 Å². The van der Waals surface area contributed by atoms with Crippen molar-refractivity contribution in [1.82, 2.24) is 9.62 Å². The van der Waals surface area contributed by atoms with Crippen molar-refractivity contribution in [2.75, 3.05) is 13.1 Å². The van der Waals surface area contributed by atoms with Gasteiger partial charge >= 0.3 is 6.09 Å². The number of benzene rings is 1. The molecule has 1 aromatic carbocycles. The number of fused-ring (bicyclic) bond motifs is 1. The first kappa shape index (κ1) is 21.3. The van der Waals surface area contributed by atoms with Crippen molar-refractivity contribution in [2.45, 2.75) is 77.2 Å². The van der Waals surface area contributed by atoms with Crippen LogP contribution in [0.5, 0.6) is 0 Å². The van der Waals surface area contributed by atoms with E-state index in [-0.39, 0.29) is 22.3 Å². The van der Waals surface area contributed by atoms with Gasteiger partial charge in [-0.05, 0) is 77.3 Å². The van der Waals surface area contributed by atoms with E-state index in [0.717, 1.165) is 19.3 Å². The molecule has 1 unspecified atom stereocenters. The summed E-state index contributed by atoms with van der Waals surface area (Å²) in [6.07, 6.45) is 2.51. The Morgan fingerprint density at radius 3 is 2.21 bits per heavy atom. The molecular formula is C22H34N2O3S. The second kappa shape index (κ2) is 7.45. The Morgan fingerprint density at radius 1 is 1.14 bits per heavy atom. The number of piperidine rings is 1.